The lowest BCUT2D eigenvalue weighted by atomic mass is 10.1. The molecule has 1 N–H and O–H groups in total. The van der Waals surface area contributed by atoms with Gasteiger partial charge in [-0.2, -0.15) is 0 Å². The molecule has 0 heterocycles. The molecule has 2 rings (SSSR count). The van der Waals surface area contributed by atoms with Crippen LogP contribution in [0.15, 0.2) is 42.5 Å². The highest BCUT2D eigenvalue weighted by atomic mass is 35.5. The van der Waals surface area contributed by atoms with E-state index < -0.39 is 6.04 Å². The average molecular weight is 442 g/mol. The van der Waals surface area contributed by atoms with Gasteiger partial charge < -0.3 is 10.2 Å². The van der Waals surface area contributed by atoms with E-state index in [2.05, 4.69) is 5.32 Å². The zero-order valence-corrected chi connectivity index (χ0v) is 18.1. The van der Waals surface area contributed by atoms with Crippen LogP contribution in [0.1, 0.15) is 31.4 Å². The van der Waals surface area contributed by atoms with Crippen molar-refractivity contribution in [2.75, 3.05) is 6.54 Å². The van der Waals surface area contributed by atoms with E-state index in [9.17, 15) is 9.59 Å². The van der Waals surface area contributed by atoms with Crippen molar-refractivity contribution in [1.29, 1.82) is 0 Å². The first kappa shape index (κ1) is 22.5. The standard InChI is InChI=1S/C21H23Cl3N2O2/c1-3-11-25-21(28)14(2)26(13-15-7-9-16(22)10-8-15)20(27)12-17-18(23)5-4-6-19(17)24/h4-10,14H,3,11-13H2,1-2H3,(H,25,28). The normalized spacial score (nSPS) is 11.8. The number of nitrogens with one attached hydrogen (secondary N) is 1. The molecule has 4 nitrogen and oxygen atoms in total. The Labute approximate surface area is 180 Å². The molecule has 0 spiro atoms. The Kier molecular flexibility index (Phi) is 8.61. The van der Waals surface area contributed by atoms with Crippen LogP contribution in [0.2, 0.25) is 15.1 Å². The van der Waals surface area contributed by atoms with E-state index in [0.29, 0.717) is 27.2 Å². The number of amides is 2. The lowest BCUT2D eigenvalue weighted by Gasteiger charge is -2.29. The molecule has 150 valence electrons. The van der Waals surface area contributed by atoms with Crippen LogP contribution in [0, 0.1) is 0 Å². The molecule has 0 aliphatic rings. The predicted molar refractivity (Wildman–Crippen MR) is 115 cm³/mol. The number of rotatable bonds is 8. The van der Waals surface area contributed by atoms with Crippen molar-refractivity contribution in [3.8, 4) is 0 Å². The fourth-order valence-electron chi connectivity index (χ4n) is 2.72. The highest BCUT2D eigenvalue weighted by Crippen LogP contribution is 2.26. The summed E-state index contributed by atoms with van der Waals surface area (Å²) in [4.78, 5) is 27.1. The lowest BCUT2D eigenvalue weighted by molar-refractivity contribution is -0.140. The summed E-state index contributed by atoms with van der Waals surface area (Å²) in [5.74, 6) is -0.432. The van der Waals surface area contributed by atoms with Gasteiger partial charge in [0, 0.05) is 28.2 Å². The number of carbonyl (C=O) groups excluding carboxylic acids is 2. The van der Waals surface area contributed by atoms with Crippen LogP contribution in [0.3, 0.4) is 0 Å². The van der Waals surface area contributed by atoms with Crippen LogP contribution in [0.4, 0.5) is 0 Å². The predicted octanol–water partition coefficient (Wildman–Crippen LogP) is 5.13. The van der Waals surface area contributed by atoms with E-state index in [-0.39, 0.29) is 24.8 Å². The minimum Gasteiger partial charge on any atom is -0.354 e. The molecule has 0 radical (unpaired) electrons. The lowest BCUT2D eigenvalue weighted by Crippen LogP contribution is -2.48. The molecule has 1 atom stereocenters. The Bertz CT molecular complexity index is 805. The molecule has 0 saturated carbocycles. The van der Waals surface area contributed by atoms with E-state index in [1.165, 1.54) is 4.90 Å². The molecular formula is C21H23Cl3N2O2. The summed E-state index contributed by atoms with van der Waals surface area (Å²) in [6, 6.07) is 11.7. The van der Waals surface area contributed by atoms with Gasteiger partial charge in [0.05, 0.1) is 6.42 Å². The van der Waals surface area contributed by atoms with Gasteiger partial charge in [0.15, 0.2) is 0 Å². The third-order valence-electron chi connectivity index (χ3n) is 4.37. The zero-order valence-electron chi connectivity index (χ0n) is 15.8. The van der Waals surface area contributed by atoms with Crippen LogP contribution < -0.4 is 5.32 Å². The maximum atomic E-state index is 13.1. The number of nitrogens with zero attached hydrogens (tertiary/aromatic N) is 1. The Balaban J connectivity index is 2.26. The zero-order chi connectivity index (χ0) is 20.7. The first-order chi connectivity index (χ1) is 13.3. The first-order valence-corrected chi connectivity index (χ1v) is 10.2. The summed E-state index contributed by atoms with van der Waals surface area (Å²) in [6.07, 6.45) is 0.830. The molecule has 2 aromatic carbocycles. The van der Waals surface area contributed by atoms with Gasteiger partial charge in [0.1, 0.15) is 6.04 Å². The smallest absolute Gasteiger partial charge is 0.242 e. The van der Waals surface area contributed by atoms with Crippen LogP contribution in [-0.2, 0) is 22.6 Å². The summed E-state index contributed by atoms with van der Waals surface area (Å²) in [6.45, 7) is 4.52. The molecule has 28 heavy (non-hydrogen) atoms. The van der Waals surface area contributed by atoms with E-state index >= 15 is 0 Å². The second-order valence-electron chi connectivity index (χ2n) is 6.49. The maximum absolute atomic E-state index is 13.1. The third-order valence-corrected chi connectivity index (χ3v) is 5.33. The molecule has 0 aromatic heterocycles. The van der Waals surface area contributed by atoms with E-state index in [1.54, 1.807) is 37.3 Å². The fraction of sp³-hybridized carbons (Fsp3) is 0.333. The first-order valence-electron chi connectivity index (χ1n) is 9.08. The van der Waals surface area contributed by atoms with Gasteiger partial charge in [0.2, 0.25) is 11.8 Å². The second-order valence-corrected chi connectivity index (χ2v) is 7.74. The van der Waals surface area contributed by atoms with E-state index in [1.807, 2.05) is 19.1 Å². The molecule has 0 bridgehead atoms. The molecule has 0 fully saturated rings. The van der Waals surface area contributed by atoms with Gasteiger partial charge in [-0.15, -0.1) is 0 Å². The Morgan fingerprint density at radius 2 is 1.64 bits per heavy atom. The number of hydrogen-bond donors (Lipinski definition) is 1. The minimum absolute atomic E-state index is 0.0114. The minimum atomic E-state index is -0.643. The SMILES string of the molecule is CCCNC(=O)C(C)N(Cc1ccc(Cl)cc1)C(=O)Cc1c(Cl)cccc1Cl. The molecule has 0 aliphatic heterocycles. The fourth-order valence-corrected chi connectivity index (χ4v) is 3.38. The molecule has 2 amide bonds. The summed E-state index contributed by atoms with van der Waals surface area (Å²) in [7, 11) is 0. The van der Waals surface area contributed by atoms with E-state index in [0.717, 1.165) is 12.0 Å². The van der Waals surface area contributed by atoms with Crippen LogP contribution >= 0.6 is 34.8 Å². The van der Waals surface area contributed by atoms with Crippen LogP contribution in [-0.4, -0.2) is 29.3 Å². The number of halogens is 3. The van der Waals surface area contributed by atoms with Crippen molar-refractivity contribution < 1.29 is 9.59 Å². The topological polar surface area (TPSA) is 49.4 Å². The number of benzene rings is 2. The van der Waals surface area contributed by atoms with Crippen molar-refractivity contribution in [2.45, 2.75) is 39.3 Å². The van der Waals surface area contributed by atoms with Gasteiger partial charge in [-0.1, -0.05) is 59.9 Å². The molecule has 0 aliphatic carbocycles. The average Bonchev–Trinajstić information content (AvgIpc) is 2.67. The van der Waals surface area contributed by atoms with E-state index in [4.69, 9.17) is 34.8 Å². The van der Waals surface area contributed by atoms with Gasteiger partial charge in [0.25, 0.3) is 0 Å². The highest BCUT2D eigenvalue weighted by molar-refractivity contribution is 6.36. The monoisotopic (exact) mass is 440 g/mol. The van der Waals surface area contributed by atoms with Gasteiger partial charge in [-0.3, -0.25) is 9.59 Å². The van der Waals surface area contributed by atoms with Crippen molar-refractivity contribution in [3.05, 3.63) is 68.7 Å². The Hall–Kier alpha value is -1.75. The van der Waals surface area contributed by atoms with Crippen molar-refractivity contribution >= 4 is 46.6 Å². The molecule has 0 saturated heterocycles. The highest BCUT2D eigenvalue weighted by Gasteiger charge is 2.27. The van der Waals surface area contributed by atoms with Gasteiger partial charge >= 0.3 is 0 Å². The molecular weight excluding hydrogens is 419 g/mol. The number of carbonyl (C=O) groups is 2. The van der Waals surface area contributed by atoms with Crippen molar-refractivity contribution in [2.24, 2.45) is 0 Å². The Morgan fingerprint density at radius 3 is 2.21 bits per heavy atom. The van der Waals surface area contributed by atoms with Crippen molar-refractivity contribution in [3.63, 3.8) is 0 Å². The summed E-state index contributed by atoms with van der Waals surface area (Å²) in [5.41, 5.74) is 1.43. The van der Waals surface area contributed by atoms with Crippen LogP contribution in [0.25, 0.3) is 0 Å². The summed E-state index contributed by atoms with van der Waals surface area (Å²) in [5, 5.41) is 4.30. The molecule has 2 aromatic rings. The summed E-state index contributed by atoms with van der Waals surface area (Å²) < 4.78 is 0. The maximum Gasteiger partial charge on any atom is 0.242 e. The molecule has 1 unspecified atom stereocenters. The summed E-state index contributed by atoms with van der Waals surface area (Å²) >= 11 is 18.4. The van der Waals surface area contributed by atoms with Crippen LogP contribution in [0.5, 0.6) is 0 Å². The quantitative estimate of drug-likeness (QED) is 0.617. The van der Waals surface area contributed by atoms with Gasteiger partial charge in [-0.05, 0) is 48.7 Å². The molecule has 7 heteroatoms. The second kappa shape index (κ2) is 10.7. The van der Waals surface area contributed by atoms with Gasteiger partial charge in [-0.25, -0.2) is 0 Å². The van der Waals surface area contributed by atoms with Crippen molar-refractivity contribution in [1.82, 2.24) is 10.2 Å². The number of hydrogen-bond acceptors (Lipinski definition) is 2. The third kappa shape index (κ3) is 6.13. The largest absolute Gasteiger partial charge is 0.354 e. The Morgan fingerprint density at radius 1 is 1.04 bits per heavy atom.